The molecule has 7 heteroatoms. The van der Waals surface area contributed by atoms with Gasteiger partial charge < -0.3 is 4.43 Å². The average Bonchev–Trinajstić information content (AvgIpc) is 3.25. The SMILES string of the molecule is CC(C)(C)[Si](Oc1cn(-c2nc(Cl)ncc2C#N)c2ccccc12)(c1ccccc1)c1ccccc1. The predicted molar refractivity (Wildman–Crippen MR) is 147 cm³/mol. The first-order chi connectivity index (χ1) is 17.3. The molecule has 0 amide bonds. The second kappa shape index (κ2) is 9.27. The average molecular weight is 509 g/mol. The van der Waals surface area contributed by atoms with Gasteiger partial charge in [-0.15, -0.1) is 0 Å². The van der Waals surface area contributed by atoms with E-state index in [4.69, 9.17) is 16.0 Å². The van der Waals surface area contributed by atoms with E-state index in [1.165, 1.54) is 16.6 Å². The molecule has 5 rings (SSSR count). The quantitative estimate of drug-likeness (QED) is 0.219. The molecule has 5 aromatic rings. The monoisotopic (exact) mass is 508 g/mol. The summed E-state index contributed by atoms with van der Waals surface area (Å²) in [5.74, 6) is 1.16. The first-order valence-electron chi connectivity index (χ1n) is 11.7. The van der Waals surface area contributed by atoms with Gasteiger partial charge in [0.15, 0.2) is 5.82 Å². The highest BCUT2D eigenvalue weighted by Crippen LogP contribution is 2.40. The summed E-state index contributed by atoms with van der Waals surface area (Å²) in [6.45, 7) is 6.74. The molecule has 0 fully saturated rings. The lowest BCUT2D eigenvalue weighted by Crippen LogP contribution is -2.68. The van der Waals surface area contributed by atoms with E-state index in [9.17, 15) is 5.26 Å². The predicted octanol–water partition coefficient (Wildman–Crippen LogP) is 5.88. The smallest absolute Gasteiger partial charge is 0.320 e. The maximum atomic E-state index is 9.73. The summed E-state index contributed by atoms with van der Waals surface area (Å²) in [7, 11) is -2.86. The van der Waals surface area contributed by atoms with E-state index in [-0.39, 0.29) is 10.3 Å². The summed E-state index contributed by atoms with van der Waals surface area (Å²) in [6, 6.07) is 31.2. The van der Waals surface area contributed by atoms with Gasteiger partial charge in [-0.1, -0.05) is 93.6 Å². The highest BCUT2D eigenvalue weighted by Gasteiger charge is 2.52. The van der Waals surface area contributed by atoms with E-state index in [0.717, 1.165) is 16.7 Å². The van der Waals surface area contributed by atoms with Gasteiger partial charge in [0.05, 0.1) is 17.9 Å². The third-order valence-electron chi connectivity index (χ3n) is 6.44. The minimum absolute atomic E-state index is 0.0798. The number of nitriles is 1. The second-order valence-corrected chi connectivity index (χ2v) is 14.2. The Morgan fingerprint density at radius 1 is 0.889 bits per heavy atom. The lowest BCUT2D eigenvalue weighted by molar-refractivity contribution is 0.512. The van der Waals surface area contributed by atoms with Crippen LogP contribution in [0, 0.1) is 11.3 Å². The molecule has 3 aromatic carbocycles. The number of hydrogen-bond donors (Lipinski definition) is 0. The number of para-hydroxylation sites is 1. The molecule has 0 radical (unpaired) electrons. The van der Waals surface area contributed by atoms with Crippen LogP contribution in [0.4, 0.5) is 0 Å². The van der Waals surface area contributed by atoms with Gasteiger partial charge in [0.1, 0.15) is 17.4 Å². The number of halogens is 1. The van der Waals surface area contributed by atoms with Crippen LogP contribution in [0.5, 0.6) is 5.75 Å². The van der Waals surface area contributed by atoms with Gasteiger partial charge in [-0.05, 0) is 39.1 Å². The van der Waals surface area contributed by atoms with Crippen molar-refractivity contribution >= 4 is 41.2 Å². The van der Waals surface area contributed by atoms with Crippen LogP contribution in [0.15, 0.2) is 97.3 Å². The zero-order valence-electron chi connectivity index (χ0n) is 20.3. The summed E-state index contributed by atoms with van der Waals surface area (Å²) in [5, 5.41) is 12.9. The lowest BCUT2D eigenvalue weighted by Gasteiger charge is -2.42. The van der Waals surface area contributed by atoms with E-state index < -0.39 is 8.32 Å². The van der Waals surface area contributed by atoms with Gasteiger partial charge in [0.2, 0.25) is 5.28 Å². The molecule has 0 saturated carbocycles. The van der Waals surface area contributed by atoms with E-state index in [1.807, 2.05) is 47.2 Å². The Bertz CT molecular complexity index is 1530. The molecule has 2 aromatic heterocycles. The van der Waals surface area contributed by atoms with Crippen LogP contribution in [-0.4, -0.2) is 22.9 Å². The number of fused-ring (bicyclic) bond motifs is 1. The minimum Gasteiger partial charge on any atom is -0.533 e. The fourth-order valence-electron chi connectivity index (χ4n) is 4.83. The van der Waals surface area contributed by atoms with Gasteiger partial charge in [-0.3, -0.25) is 4.57 Å². The molecule has 0 bridgehead atoms. The topological polar surface area (TPSA) is 63.7 Å². The number of aromatic nitrogens is 3. The van der Waals surface area contributed by atoms with Gasteiger partial charge in [0, 0.05) is 5.39 Å². The molecule has 0 aliphatic heterocycles. The molecule has 178 valence electrons. The van der Waals surface area contributed by atoms with Crippen molar-refractivity contribution in [3.8, 4) is 17.6 Å². The zero-order chi connectivity index (χ0) is 25.3. The third kappa shape index (κ3) is 3.97. The molecule has 0 aliphatic carbocycles. The van der Waals surface area contributed by atoms with Gasteiger partial charge in [0.25, 0.3) is 0 Å². The summed E-state index contributed by atoms with van der Waals surface area (Å²) >= 11 is 6.14. The largest absolute Gasteiger partial charge is 0.533 e. The third-order valence-corrected chi connectivity index (χ3v) is 11.6. The summed E-state index contributed by atoms with van der Waals surface area (Å²) in [6.07, 6.45) is 3.37. The molecule has 0 spiro atoms. The molecule has 5 nitrogen and oxygen atoms in total. The summed E-state index contributed by atoms with van der Waals surface area (Å²) < 4.78 is 9.19. The van der Waals surface area contributed by atoms with Crippen LogP contribution in [0.2, 0.25) is 10.3 Å². The Balaban J connectivity index is 1.80. The summed E-state index contributed by atoms with van der Waals surface area (Å²) in [4.78, 5) is 8.38. The maximum Gasteiger partial charge on any atom is 0.320 e. The van der Waals surface area contributed by atoms with E-state index >= 15 is 0 Å². The van der Waals surface area contributed by atoms with Crippen LogP contribution < -0.4 is 14.8 Å². The van der Waals surface area contributed by atoms with Crippen molar-refractivity contribution in [1.82, 2.24) is 14.5 Å². The number of hydrogen-bond acceptors (Lipinski definition) is 4. The molecule has 2 heterocycles. The van der Waals surface area contributed by atoms with Crippen molar-refractivity contribution in [2.75, 3.05) is 0 Å². The number of nitrogens with zero attached hydrogens (tertiary/aromatic N) is 4. The number of rotatable bonds is 5. The molecule has 0 unspecified atom stereocenters. The molecule has 0 atom stereocenters. The maximum absolute atomic E-state index is 9.73. The first-order valence-corrected chi connectivity index (χ1v) is 14.0. The van der Waals surface area contributed by atoms with E-state index in [0.29, 0.717) is 11.4 Å². The van der Waals surface area contributed by atoms with E-state index in [1.54, 1.807) is 0 Å². The molecule has 0 N–H and O–H groups in total. The standard InChI is InChI=1S/C29H25ClN4OSi/c1-29(2,3)36(22-12-6-4-7-13-22,23-14-8-5-9-15-23)35-26-20-34(25-17-11-10-16-24(25)26)27-21(18-31)19-32-28(30)33-27/h4-17,19-20H,1-3H3. The molecule has 0 aliphatic rings. The lowest BCUT2D eigenvalue weighted by atomic mass is 10.2. The van der Waals surface area contributed by atoms with Crippen molar-refractivity contribution in [3.63, 3.8) is 0 Å². The Morgan fingerprint density at radius 2 is 1.47 bits per heavy atom. The van der Waals surface area contributed by atoms with Gasteiger partial charge in [-0.2, -0.15) is 10.2 Å². The minimum atomic E-state index is -2.86. The Kier molecular flexibility index (Phi) is 6.13. The molecular weight excluding hydrogens is 484 g/mol. The van der Waals surface area contributed by atoms with Crippen LogP contribution >= 0.6 is 11.6 Å². The summed E-state index contributed by atoms with van der Waals surface area (Å²) in [5.41, 5.74) is 1.20. The van der Waals surface area contributed by atoms with Gasteiger partial charge >= 0.3 is 8.32 Å². The van der Waals surface area contributed by atoms with Crippen LogP contribution in [0.1, 0.15) is 26.3 Å². The fraction of sp³-hybridized carbons (Fsp3) is 0.138. The molecule has 36 heavy (non-hydrogen) atoms. The van der Waals surface area contributed by atoms with Crippen LogP contribution in [-0.2, 0) is 0 Å². The van der Waals surface area contributed by atoms with Gasteiger partial charge in [-0.25, -0.2) is 4.98 Å². The zero-order valence-corrected chi connectivity index (χ0v) is 22.1. The van der Waals surface area contributed by atoms with Crippen molar-refractivity contribution in [3.05, 3.63) is 108 Å². The van der Waals surface area contributed by atoms with Crippen LogP contribution in [0.3, 0.4) is 0 Å². The fourth-order valence-corrected chi connectivity index (χ4v) is 9.39. The normalized spacial score (nSPS) is 11.9. The Hall–Kier alpha value is -3.92. The Labute approximate surface area is 216 Å². The van der Waals surface area contributed by atoms with Crippen molar-refractivity contribution in [2.24, 2.45) is 0 Å². The van der Waals surface area contributed by atoms with Crippen molar-refractivity contribution in [2.45, 2.75) is 25.8 Å². The number of benzene rings is 3. The second-order valence-electron chi connectivity index (χ2n) is 9.63. The Morgan fingerprint density at radius 3 is 2.06 bits per heavy atom. The highest BCUT2D eigenvalue weighted by molar-refractivity contribution is 7.00. The molecule has 0 saturated heterocycles. The highest BCUT2D eigenvalue weighted by atomic mass is 35.5. The van der Waals surface area contributed by atoms with Crippen molar-refractivity contribution in [1.29, 1.82) is 5.26 Å². The van der Waals surface area contributed by atoms with Crippen LogP contribution in [0.25, 0.3) is 16.7 Å². The van der Waals surface area contributed by atoms with Crippen molar-refractivity contribution < 1.29 is 4.43 Å². The van der Waals surface area contributed by atoms with E-state index in [2.05, 4.69) is 85.3 Å². The first kappa shape index (κ1) is 23.8. The molecular formula is C29H25ClN4OSi.